The van der Waals surface area contributed by atoms with Crippen LogP contribution in [0.5, 0.6) is 0 Å². The SMILES string of the molecule is CC(C)C(NC(=O)C(N)CCC(=O)O)C(=O)NC(CS)C(=O)NC(CCCCN)C(=O)O. The number of aliphatic carboxylic acids is 2. The van der Waals surface area contributed by atoms with Gasteiger partial charge in [-0.15, -0.1) is 0 Å². The molecule has 32 heavy (non-hydrogen) atoms. The standard InChI is InChI=1S/C19H35N5O7S/c1-10(2)15(24-16(27)11(21)6-7-14(25)26)18(29)23-13(9-32)17(28)22-12(19(30)31)5-3-4-8-20/h10-13,15,32H,3-9,20-21H2,1-2H3,(H,22,28)(H,23,29)(H,24,27)(H,25,26)(H,30,31). The maximum absolute atomic E-state index is 12.7. The van der Waals surface area contributed by atoms with Gasteiger partial charge in [0, 0.05) is 12.2 Å². The first kappa shape index (κ1) is 29.6. The van der Waals surface area contributed by atoms with Gasteiger partial charge in [-0.1, -0.05) is 13.8 Å². The second kappa shape index (κ2) is 15.4. The summed E-state index contributed by atoms with van der Waals surface area (Å²) in [4.78, 5) is 59.5. The highest BCUT2D eigenvalue weighted by molar-refractivity contribution is 7.80. The lowest BCUT2D eigenvalue weighted by molar-refractivity contribution is -0.142. The summed E-state index contributed by atoms with van der Waals surface area (Å²) in [6.45, 7) is 3.74. The van der Waals surface area contributed by atoms with Gasteiger partial charge in [-0.3, -0.25) is 19.2 Å². The van der Waals surface area contributed by atoms with E-state index in [2.05, 4.69) is 28.6 Å². The summed E-state index contributed by atoms with van der Waals surface area (Å²) in [5, 5.41) is 25.3. The van der Waals surface area contributed by atoms with Crippen molar-refractivity contribution in [3.8, 4) is 0 Å². The van der Waals surface area contributed by atoms with Crippen molar-refractivity contribution in [2.75, 3.05) is 12.3 Å². The largest absolute Gasteiger partial charge is 0.481 e. The zero-order chi connectivity index (χ0) is 24.8. The van der Waals surface area contributed by atoms with Crippen LogP contribution in [0.25, 0.3) is 0 Å². The van der Waals surface area contributed by atoms with Crippen molar-refractivity contribution in [2.45, 2.75) is 70.1 Å². The Morgan fingerprint density at radius 1 is 0.875 bits per heavy atom. The van der Waals surface area contributed by atoms with E-state index in [1.165, 1.54) is 0 Å². The third-order valence-electron chi connectivity index (χ3n) is 4.63. The molecular formula is C19H35N5O7S. The third kappa shape index (κ3) is 11.3. The molecular weight excluding hydrogens is 442 g/mol. The van der Waals surface area contributed by atoms with Gasteiger partial charge in [0.15, 0.2) is 0 Å². The minimum absolute atomic E-state index is 0.101. The molecule has 0 aliphatic heterocycles. The Morgan fingerprint density at radius 3 is 1.94 bits per heavy atom. The Labute approximate surface area is 192 Å². The molecule has 12 nitrogen and oxygen atoms in total. The summed E-state index contributed by atoms with van der Waals surface area (Å²) in [6.07, 6.45) is 0.900. The minimum atomic E-state index is -1.21. The lowest BCUT2D eigenvalue weighted by Crippen LogP contribution is -2.58. The van der Waals surface area contributed by atoms with Gasteiger partial charge >= 0.3 is 11.9 Å². The van der Waals surface area contributed by atoms with Gasteiger partial charge in [-0.25, -0.2) is 4.79 Å². The van der Waals surface area contributed by atoms with Crippen molar-refractivity contribution in [3.63, 3.8) is 0 Å². The number of rotatable bonds is 16. The van der Waals surface area contributed by atoms with E-state index < -0.39 is 53.8 Å². The molecule has 0 aromatic carbocycles. The highest BCUT2D eigenvalue weighted by atomic mass is 32.1. The highest BCUT2D eigenvalue weighted by Gasteiger charge is 2.31. The molecule has 9 N–H and O–H groups in total. The lowest BCUT2D eigenvalue weighted by atomic mass is 10.0. The number of nitrogens with two attached hydrogens (primary N) is 2. The normalized spacial score (nSPS) is 14.7. The zero-order valence-corrected chi connectivity index (χ0v) is 19.3. The molecule has 0 rings (SSSR count). The summed E-state index contributed by atoms with van der Waals surface area (Å²) in [7, 11) is 0. The second-order valence-electron chi connectivity index (χ2n) is 7.70. The van der Waals surface area contributed by atoms with Crippen LogP contribution in [0.1, 0.15) is 46.0 Å². The molecule has 0 aliphatic carbocycles. The van der Waals surface area contributed by atoms with Crippen LogP contribution in [-0.4, -0.2) is 76.3 Å². The van der Waals surface area contributed by atoms with Crippen LogP contribution in [0, 0.1) is 5.92 Å². The average Bonchev–Trinajstić information content (AvgIpc) is 2.72. The predicted octanol–water partition coefficient (Wildman–Crippen LogP) is -1.57. The van der Waals surface area contributed by atoms with E-state index in [9.17, 15) is 29.1 Å². The van der Waals surface area contributed by atoms with E-state index in [-0.39, 0.29) is 30.9 Å². The van der Waals surface area contributed by atoms with E-state index >= 15 is 0 Å². The van der Waals surface area contributed by atoms with Crippen LogP contribution in [-0.2, 0) is 24.0 Å². The smallest absolute Gasteiger partial charge is 0.326 e. The number of nitrogens with one attached hydrogen (secondary N) is 3. The number of carbonyl (C=O) groups excluding carboxylic acids is 3. The summed E-state index contributed by atoms with van der Waals surface area (Å²) in [6, 6.07) is -4.44. The van der Waals surface area contributed by atoms with E-state index in [1.54, 1.807) is 13.8 Å². The molecule has 0 radical (unpaired) electrons. The Hall–Kier alpha value is -2.38. The van der Waals surface area contributed by atoms with E-state index in [1.807, 2.05) is 0 Å². The van der Waals surface area contributed by atoms with Crippen molar-refractivity contribution in [3.05, 3.63) is 0 Å². The van der Waals surface area contributed by atoms with E-state index in [0.29, 0.717) is 19.4 Å². The van der Waals surface area contributed by atoms with Gasteiger partial charge in [-0.2, -0.15) is 12.6 Å². The Balaban J connectivity index is 5.08. The van der Waals surface area contributed by atoms with Crippen molar-refractivity contribution in [1.29, 1.82) is 0 Å². The molecule has 3 amide bonds. The summed E-state index contributed by atoms with van der Waals surface area (Å²) >= 11 is 4.06. The third-order valence-corrected chi connectivity index (χ3v) is 5.00. The molecule has 0 aromatic rings. The first-order chi connectivity index (χ1) is 14.9. The fourth-order valence-electron chi connectivity index (χ4n) is 2.68. The zero-order valence-electron chi connectivity index (χ0n) is 18.4. The molecule has 184 valence electrons. The van der Waals surface area contributed by atoms with Crippen molar-refractivity contribution < 1.29 is 34.2 Å². The number of thiol groups is 1. The Bertz CT molecular complexity index is 662. The number of unbranched alkanes of at least 4 members (excludes halogenated alkanes) is 1. The molecule has 0 saturated heterocycles. The fourth-order valence-corrected chi connectivity index (χ4v) is 2.94. The first-order valence-electron chi connectivity index (χ1n) is 10.4. The average molecular weight is 478 g/mol. The number of carboxylic acids is 2. The van der Waals surface area contributed by atoms with Crippen LogP contribution in [0.4, 0.5) is 0 Å². The van der Waals surface area contributed by atoms with Crippen LogP contribution < -0.4 is 27.4 Å². The molecule has 4 atom stereocenters. The van der Waals surface area contributed by atoms with E-state index in [0.717, 1.165) is 0 Å². The lowest BCUT2D eigenvalue weighted by Gasteiger charge is -2.26. The topological polar surface area (TPSA) is 214 Å². The molecule has 0 heterocycles. The predicted molar refractivity (Wildman–Crippen MR) is 120 cm³/mol. The van der Waals surface area contributed by atoms with Gasteiger partial charge in [0.05, 0.1) is 6.04 Å². The molecule has 0 aliphatic rings. The summed E-state index contributed by atoms with van der Waals surface area (Å²) < 4.78 is 0. The second-order valence-corrected chi connectivity index (χ2v) is 8.06. The fraction of sp³-hybridized carbons (Fsp3) is 0.737. The maximum Gasteiger partial charge on any atom is 0.326 e. The minimum Gasteiger partial charge on any atom is -0.481 e. The number of hydrogen-bond donors (Lipinski definition) is 8. The number of hydrogen-bond acceptors (Lipinski definition) is 8. The number of amides is 3. The van der Waals surface area contributed by atoms with E-state index in [4.69, 9.17) is 16.6 Å². The summed E-state index contributed by atoms with van der Waals surface area (Å²) in [5.41, 5.74) is 11.1. The van der Waals surface area contributed by atoms with Gasteiger partial charge in [0.2, 0.25) is 17.7 Å². The van der Waals surface area contributed by atoms with Crippen molar-refractivity contribution in [2.24, 2.45) is 17.4 Å². The van der Waals surface area contributed by atoms with Gasteiger partial charge in [0.25, 0.3) is 0 Å². The number of carbonyl (C=O) groups is 5. The number of carboxylic acid groups (broad SMARTS) is 2. The summed E-state index contributed by atoms with van der Waals surface area (Å²) in [5.74, 6) is -4.89. The Kier molecular flexibility index (Phi) is 14.3. The molecule has 4 unspecified atom stereocenters. The van der Waals surface area contributed by atoms with Crippen molar-refractivity contribution >= 4 is 42.3 Å². The van der Waals surface area contributed by atoms with Crippen LogP contribution >= 0.6 is 12.6 Å². The Morgan fingerprint density at radius 2 is 1.47 bits per heavy atom. The van der Waals surface area contributed by atoms with Gasteiger partial charge in [0.1, 0.15) is 18.1 Å². The maximum atomic E-state index is 12.7. The first-order valence-corrected chi connectivity index (χ1v) is 11.0. The van der Waals surface area contributed by atoms with Crippen LogP contribution in [0.2, 0.25) is 0 Å². The monoisotopic (exact) mass is 477 g/mol. The molecule has 0 fully saturated rings. The van der Waals surface area contributed by atoms with Gasteiger partial charge in [-0.05, 0) is 38.1 Å². The van der Waals surface area contributed by atoms with Gasteiger partial charge < -0.3 is 37.6 Å². The highest BCUT2D eigenvalue weighted by Crippen LogP contribution is 2.06. The van der Waals surface area contributed by atoms with Crippen LogP contribution in [0.3, 0.4) is 0 Å². The quantitative estimate of drug-likeness (QED) is 0.0950. The van der Waals surface area contributed by atoms with Crippen LogP contribution in [0.15, 0.2) is 0 Å². The molecule has 0 bridgehead atoms. The molecule has 0 spiro atoms. The molecule has 0 saturated carbocycles. The molecule has 0 aromatic heterocycles. The molecule has 13 heteroatoms. The van der Waals surface area contributed by atoms with Crippen molar-refractivity contribution in [1.82, 2.24) is 16.0 Å².